The molecular formula is C11H23NO2. The van der Waals surface area contributed by atoms with Gasteiger partial charge in [0, 0.05) is 13.1 Å². The standard InChI is InChI=1S/C11H23NO2/c1-9(2)6-12-7-10(13)8-14-11(3,4)5/h10,12-13H,1,6-8H2,2-5H3. The SMILES string of the molecule is C=C(C)CNCC(O)COC(C)(C)C. The van der Waals surface area contributed by atoms with Gasteiger partial charge < -0.3 is 15.2 Å². The summed E-state index contributed by atoms with van der Waals surface area (Å²) in [5, 5.41) is 12.6. The van der Waals surface area contributed by atoms with Gasteiger partial charge in [0.2, 0.25) is 0 Å². The highest BCUT2D eigenvalue weighted by molar-refractivity contribution is 4.90. The highest BCUT2D eigenvalue weighted by Gasteiger charge is 2.12. The minimum absolute atomic E-state index is 0.185. The number of aliphatic hydroxyl groups excluding tert-OH is 1. The highest BCUT2D eigenvalue weighted by atomic mass is 16.5. The molecule has 0 spiro atoms. The van der Waals surface area contributed by atoms with Gasteiger partial charge in [0.15, 0.2) is 0 Å². The van der Waals surface area contributed by atoms with Crippen molar-refractivity contribution in [2.75, 3.05) is 19.7 Å². The van der Waals surface area contributed by atoms with Crippen molar-refractivity contribution in [2.24, 2.45) is 0 Å². The van der Waals surface area contributed by atoms with Crippen LogP contribution in [0.3, 0.4) is 0 Å². The van der Waals surface area contributed by atoms with E-state index in [1.807, 2.05) is 27.7 Å². The molecule has 0 radical (unpaired) electrons. The fraction of sp³-hybridized carbons (Fsp3) is 0.818. The molecule has 0 fully saturated rings. The first-order valence-corrected chi connectivity index (χ1v) is 4.98. The van der Waals surface area contributed by atoms with Crippen LogP contribution in [0.15, 0.2) is 12.2 Å². The molecule has 0 amide bonds. The second kappa shape index (κ2) is 6.17. The summed E-state index contributed by atoms with van der Waals surface area (Å²) in [6, 6.07) is 0. The van der Waals surface area contributed by atoms with E-state index >= 15 is 0 Å². The molecule has 0 aromatic rings. The quantitative estimate of drug-likeness (QED) is 0.637. The van der Waals surface area contributed by atoms with Crippen LogP contribution in [0.1, 0.15) is 27.7 Å². The van der Waals surface area contributed by atoms with E-state index in [4.69, 9.17) is 4.74 Å². The van der Waals surface area contributed by atoms with Crippen molar-refractivity contribution in [1.82, 2.24) is 5.32 Å². The molecule has 0 saturated carbocycles. The van der Waals surface area contributed by atoms with E-state index in [1.54, 1.807) is 0 Å². The maximum absolute atomic E-state index is 9.51. The molecule has 3 nitrogen and oxygen atoms in total. The first-order chi connectivity index (χ1) is 6.31. The predicted octanol–water partition coefficient (Wildman–Crippen LogP) is 1.33. The maximum atomic E-state index is 9.51. The fourth-order valence-corrected chi connectivity index (χ4v) is 0.857. The van der Waals surface area contributed by atoms with Gasteiger partial charge in [-0.2, -0.15) is 0 Å². The molecule has 1 atom stereocenters. The van der Waals surface area contributed by atoms with E-state index < -0.39 is 6.10 Å². The smallest absolute Gasteiger partial charge is 0.0898 e. The largest absolute Gasteiger partial charge is 0.389 e. The summed E-state index contributed by atoms with van der Waals surface area (Å²) in [7, 11) is 0. The number of rotatable bonds is 6. The molecule has 0 bridgehead atoms. The molecule has 84 valence electrons. The Hall–Kier alpha value is -0.380. The Labute approximate surface area is 87.2 Å². The molecule has 3 heteroatoms. The van der Waals surface area contributed by atoms with Gasteiger partial charge in [0.05, 0.1) is 18.3 Å². The second-order valence-electron chi connectivity index (χ2n) is 4.67. The number of nitrogens with one attached hydrogen (secondary N) is 1. The Balaban J connectivity index is 3.46. The Morgan fingerprint density at radius 3 is 2.50 bits per heavy atom. The molecular weight excluding hydrogens is 178 g/mol. The number of hydrogen-bond donors (Lipinski definition) is 2. The monoisotopic (exact) mass is 201 g/mol. The summed E-state index contributed by atoms with van der Waals surface area (Å²) in [5.74, 6) is 0. The van der Waals surface area contributed by atoms with Crippen LogP contribution in [0.5, 0.6) is 0 Å². The van der Waals surface area contributed by atoms with Crippen LogP contribution in [0, 0.1) is 0 Å². The van der Waals surface area contributed by atoms with Gasteiger partial charge in [-0.1, -0.05) is 12.2 Å². The Morgan fingerprint density at radius 2 is 2.07 bits per heavy atom. The summed E-state index contributed by atoms with van der Waals surface area (Å²) in [6.07, 6.45) is -0.450. The lowest BCUT2D eigenvalue weighted by molar-refractivity contribution is -0.0476. The Bertz CT molecular complexity index is 173. The van der Waals surface area contributed by atoms with Crippen molar-refractivity contribution in [3.8, 4) is 0 Å². The molecule has 2 N–H and O–H groups in total. The summed E-state index contributed by atoms with van der Waals surface area (Å²) >= 11 is 0. The van der Waals surface area contributed by atoms with Gasteiger partial charge in [-0.25, -0.2) is 0 Å². The molecule has 0 aliphatic carbocycles. The van der Waals surface area contributed by atoms with Gasteiger partial charge in [-0.15, -0.1) is 0 Å². The molecule has 14 heavy (non-hydrogen) atoms. The lowest BCUT2D eigenvalue weighted by Gasteiger charge is -2.22. The Morgan fingerprint density at radius 1 is 1.50 bits per heavy atom. The topological polar surface area (TPSA) is 41.5 Å². The van der Waals surface area contributed by atoms with Gasteiger partial charge in [-0.3, -0.25) is 0 Å². The molecule has 0 aromatic heterocycles. The van der Waals surface area contributed by atoms with Crippen LogP contribution in [-0.2, 0) is 4.74 Å². The van der Waals surface area contributed by atoms with Gasteiger partial charge in [0.1, 0.15) is 0 Å². The van der Waals surface area contributed by atoms with Crippen LogP contribution < -0.4 is 5.32 Å². The second-order valence-corrected chi connectivity index (χ2v) is 4.67. The lowest BCUT2D eigenvalue weighted by atomic mass is 10.2. The third-order valence-corrected chi connectivity index (χ3v) is 1.52. The maximum Gasteiger partial charge on any atom is 0.0898 e. The minimum atomic E-state index is -0.450. The molecule has 0 heterocycles. The van der Waals surface area contributed by atoms with Gasteiger partial charge in [0.25, 0.3) is 0 Å². The molecule has 0 rings (SSSR count). The van der Waals surface area contributed by atoms with E-state index in [0.717, 1.165) is 12.1 Å². The Kier molecular flexibility index (Phi) is 6.00. The molecule has 1 unspecified atom stereocenters. The fourth-order valence-electron chi connectivity index (χ4n) is 0.857. The third-order valence-electron chi connectivity index (χ3n) is 1.52. The minimum Gasteiger partial charge on any atom is -0.389 e. The van der Waals surface area contributed by atoms with E-state index in [9.17, 15) is 5.11 Å². The van der Waals surface area contributed by atoms with E-state index in [-0.39, 0.29) is 5.60 Å². The van der Waals surface area contributed by atoms with Crippen LogP contribution in [-0.4, -0.2) is 36.5 Å². The van der Waals surface area contributed by atoms with Crippen LogP contribution >= 0.6 is 0 Å². The van der Waals surface area contributed by atoms with Crippen molar-refractivity contribution in [2.45, 2.75) is 39.4 Å². The van der Waals surface area contributed by atoms with Crippen LogP contribution in [0.4, 0.5) is 0 Å². The predicted molar refractivity (Wildman–Crippen MR) is 59.4 cm³/mol. The summed E-state index contributed by atoms with van der Waals surface area (Å²) in [4.78, 5) is 0. The van der Waals surface area contributed by atoms with Crippen molar-refractivity contribution in [1.29, 1.82) is 0 Å². The van der Waals surface area contributed by atoms with Crippen molar-refractivity contribution in [3.63, 3.8) is 0 Å². The zero-order valence-electron chi connectivity index (χ0n) is 9.76. The highest BCUT2D eigenvalue weighted by Crippen LogP contribution is 2.06. The molecule has 0 saturated heterocycles. The average Bonchev–Trinajstić information content (AvgIpc) is 1.99. The first kappa shape index (κ1) is 13.6. The number of ether oxygens (including phenoxy) is 1. The normalized spacial score (nSPS) is 14.1. The first-order valence-electron chi connectivity index (χ1n) is 4.98. The van der Waals surface area contributed by atoms with Crippen molar-refractivity contribution < 1.29 is 9.84 Å². The summed E-state index contributed by atoms with van der Waals surface area (Å²) < 4.78 is 5.44. The summed E-state index contributed by atoms with van der Waals surface area (Å²) in [6.45, 7) is 13.3. The summed E-state index contributed by atoms with van der Waals surface area (Å²) in [5.41, 5.74) is 0.879. The van der Waals surface area contributed by atoms with E-state index in [0.29, 0.717) is 13.2 Å². The van der Waals surface area contributed by atoms with E-state index in [2.05, 4.69) is 11.9 Å². The average molecular weight is 201 g/mol. The number of hydrogen-bond acceptors (Lipinski definition) is 3. The third kappa shape index (κ3) is 9.71. The number of aliphatic hydroxyl groups is 1. The zero-order chi connectivity index (χ0) is 11.2. The van der Waals surface area contributed by atoms with Gasteiger partial charge >= 0.3 is 0 Å². The van der Waals surface area contributed by atoms with Crippen molar-refractivity contribution >= 4 is 0 Å². The molecule has 0 aromatic carbocycles. The zero-order valence-corrected chi connectivity index (χ0v) is 9.76. The van der Waals surface area contributed by atoms with E-state index in [1.165, 1.54) is 0 Å². The van der Waals surface area contributed by atoms with Crippen molar-refractivity contribution in [3.05, 3.63) is 12.2 Å². The lowest BCUT2D eigenvalue weighted by Crippen LogP contribution is -2.34. The molecule has 0 aliphatic heterocycles. The van der Waals surface area contributed by atoms with Gasteiger partial charge in [-0.05, 0) is 27.7 Å². The van der Waals surface area contributed by atoms with Crippen LogP contribution in [0.25, 0.3) is 0 Å². The molecule has 0 aliphatic rings. The van der Waals surface area contributed by atoms with Crippen LogP contribution in [0.2, 0.25) is 0 Å².